The molecular weight excluding hydrogens is 300 g/mol. The van der Waals surface area contributed by atoms with Crippen LogP contribution >= 0.6 is 0 Å². The van der Waals surface area contributed by atoms with E-state index in [1.54, 1.807) is 6.07 Å². The third kappa shape index (κ3) is 2.63. The molecule has 2 aromatic carbocycles. The van der Waals surface area contributed by atoms with E-state index in [0.717, 1.165) is 11.8 Å². The van der Waals surface area contributed by atoms with E-state index < -0.39 is 22.0 Å². The molecule has 5 nitrogen and oxygen atoms in total. The van der Waals surface area contributed by atoms with Crippen LogP contribution in [0.1, 0.15) is 11.7 Å². The van der Waals surface area contributed by atoms with Gasteiger partial charge in [-0.3, -0.25) is 0 Å². The van der Waals surface area contributed by atoms with E-state index >= 15 is 0 Å². The summed E-state index contributed by atoms with van der Waals surface area (Å²) in [4.78, 5) is 0.192. The van der Waals surface area contributed by atoms with Crippen molar-refractivity contribution in [2.24, 2.45) is 0 Å². The second-order valence-corrected chi connectivity index (χ2v) is 7.15. The number of nitriles is 1. The van der Waals surface area contributed by atoms with E-state index in [4.69, 9.17) is 4.74 Å². The Kier molecular flexibility index (Phi) is 3.51. The first-order chi connectivity index (χ1) is 10.5. The molecule has 0 aromatic heterocycles. The summed E-state index contributed by atoms with van der Waals surface area (Å²) in [7, 11) is -3.30. The van der Waals surface area contributed by atoms with Gasteiger partial charge in [0.05, 0.1) is 16.7 Å². The Morgan fingerprint density at radius 1 is 1.18 bits per heavy atom. The molecule has 0 spiro atoms. The van der Waals surface area contributed by atoms with E-state index in [2.05, 4.69) is 11.4 Å². The Bertz CT molecular complexity index is 841. The molecule has 1 heterocycles. The zero-order valence-corrected chi connectivity index (χ0v) is 12.7. The summed E-state index contributed by atoms with van der Waals surface area (Å²) in [6, 6.07) is 15.6. The SMILES string of the molecule is CS(=O)(=O)c1ccc2c(c1)NC(C#N)C(c1ccccc1)O2. The predicted molar refractivity (Wildman–Crippen MR) is 82.4 cm³/mol. The summed E-state index contributed by atoms with van der Waals surface area (Å²) < 4.78 is 29.2. The topological polar surface area (TPSA) is 79.2 Å². The molecule has 0 radical (unpaired) electrons. The molecule has 0 saturated carbocycles. The summed E-state index contributed by atoms with van der Waals surface area (Å²) in [6.07, 6.45) is 0.704. The van der Waals surface area contributed by atoms with Crippen LogP contribution in [0.25, 0.3) is 0 Å². The lowest BCUT2D eigenvalue weighted by molar-refractivity contribution is 0.189. The van der Waals surface area contributed by atoms with Crippen LogP contribution in [0.3, 0.4) is 0 Å². The first-order valence-corrected chi connectivity index (χ1v) is 8.60. The number of nitrogens with one attached hydrogen (secondary N) is 1. The number of rotatable bonds is 2. The number of hydrogen-bond donors (Lipinski definition) is 1. The van der Waals surface area contributed by atoms with E-state index in [0.29, 0.717) is 11.4 Å². The molecule has 0 saturated heterocycles. The molecule has 2 aromatic rings. The number of anilines is 1. The van der Waals surface area contributed by atoms with Crippen molar-refractivity contribution in [3.63, 3.8) is 0 Å². The van der Waals surface area contributed by atoms with E-state index in [-0.39, 0.29) is 4.90 Å². The molecule has 1 aliphatic rings. The van der Waals surface area contributed by atoms with Crippen LogP contribution in [0.4, 0.5) is 5.69 Å². The van der Waals surface area contributed by atoms with Crippen molar-refractivity contribution in [2.45, 2.75) is 17.0 Å². The largest absolute Gasteiger partial charge is 0.480 e. The third-order valence-electron chi connectivity index (χ3n) is 3.51. The molecule has 1 aliphatic heterocycles. The van der Waals surface area contributed by atoms with Gasteiger partial charge < -0.3 is 10.1 Å². The summed E-state index contributed by atoms with van der Waals surface area (Å²) >= 11 is 0. The van der Waals surface area contributed by atoms with Gasteiger partial charge in [-0.2, -0.15) is 5.26 Å². The predicted octanol–water partition coefficient (Wildman–Crippen LogP) is 2.53. The van der Waals surface area contributed by atoms with Crippen molar-refractivity contribution in [1.82, 2.24) is 0 Å². The van der Waals surface area contributed by atoms with Crippen LogP contribution < -0.4 is 10.1 Å². The van der Waals surface area contributed by atoms with Crippen molar-refractivity contribution in [2.75, 3.05) is 11.6 Å². The Morgan fingerprint density at radius 2 is 1.91 bits per heavy atom. The molecule has 112 valence electrons. The highest BCUT2D eigenvalue weighted by Crippen LogP contribution is 2.38. The van der Waals surface area contributed by atoms with Gasteiger partial charge in [-0.25, -0.2) is 8.42 Å². The van der Waals surface area contributed by atoms with Gasteiger partial charge in [-0.1, -0.05) is 30.3 Å². The van der Waals surface area contributed by atoms with Crippen LogP contribution in [0.2, 0.25) is 0 Å². The molecule has 2 unspecified atom stereocenters. The van der Waals surface area contributed by atoms with Crippen molar-refractivity contribution in [3.8, 4) is 11.8 Å². The smallest absolute Gasteiger partial charge is 0.175 e. The lowest BCUT2D eigenvalue weighted by Gasteiger charge is -2.31. The number of sulfone groups is 1. The summed E-state index contributed by atoms with van der Waals surface area (Å²) in [5.74, 6) is 0.535. The number of hydrogen-bond acceptors (Lipinski definition) is 5. The lowest BCUT2D eigenvalue weighted by atomic mass is 10.0. The van der Waals surface area contributed by atoms with Crippen molar-refractivity contribution < 1.29 is 13.2 Å². The second-order valence-electron chi connectivity index (χ2n) is 5.13. The standard InChI is InChI=1S/C16H14N2O3S/c1-22(19,20)12-7-8-15-13(9-12)18-14(10-17)16(21-15)11-5-3-2-4-6-11/h2-9,14,16,18H,1H3. The minimum atomic E-state index is -3.30. The van der Waals surface area contributed by atoms with Gasteiger partial charge in [-0.15, -0.1) is 0 Å². The number of ether oxygens (including phenoxy) is 1. The normalized spacial score (nSPS) is 20.2. The van der Waals surface area contributed by atoms with Gasteiger partial charge in [0, 0.05) is 6.26 Å². The Balaban J connectivity index is 2.01. The molecule has 2 atom stereocenters. The van der Waals surface area contributed by atoms with E-state index in [1.165, 1.54) is 12.1 Å². The highest BCUT2D eigenvalue weighted by Gasteiger charge is 2.31. The molecule has 0 fully saturated rings. The highest BCUT2D eigenvalue weighted by molar-refractivity contribution is 7.90. The zero-order valence-electron chi connectivity index (χ0n) is 11.9. The van der Waals surface area contributed by atoms with Gasteiger partial charge in [0.25, 0.3) is 0 Å². The van der Waals surface area contributed by atoms with Gasteiger partial charge in [-0.05, 0) is 23.8 Å². The average Bonchev–Trinajstić information content (AvgIpc) is 2.53. The Hall–Kier alpha value is -2.52. The Morgan fingerprint density at radius 3 is 2.55 bits per heavy atom. The zero-order chi connectivity index (χ0) is 15.7. The van der Waals surface area contributed by atoms with E-state index in [1.807, 2.05) is 30.3 Å². The number of nitrogens with zero attached hydrogens (tertiary/aromatic N) is 1. The molecular formula is C16H14N2O3S. The first kappa shape index (κ1) is 14.4. The average molecular weight is 314 g/mol. The number of fused-ring (bicyclic) bond motifs is 1. The van der Waals surface area contributed by atoms with Crippen LogP contribution in [-0.4, -0.2) is 20.7 Å². The van der Waals surface area contributed by atoms with Gasteiger partial charge in [0.2, 0.25) is 0 Å². The maximum absolute atomic E-state index is 11.6. The van der Waals surface area contributed by atoms with Crippen molar-refractivity contribution in [1.29, 1.82) is 5.26 Å². The quantitative estimate of drug-likeness (QED) is 0.921. The fourth-order valence-corrected chi connectivity index (χ4v) is 3.05. The molecule has 0 bridgehead atoms. The molecule has 0 aliphatic carbocycles. The summed E-state index contributed by atoms with van der Waals surface area (Å²) in [5.41, 5.74) is 1.40. The van der Waals surface area contributed by atoms with E-state index in [9.17, 15) is 13.7 Å². The third-order valence-corrected chi connectivity index (χ3v) is 4.62. The monoisotopic (exact) mass is 314 g/mol. The summed E-state index contributed by atoms with van der Waals surface area (Å²) in [5, 5.41) is 12.4. The van der Waals surface area contributed by atoms with Crippen LogP contribution in [0, 0.1) is 11.3 Å². The van der Waals surface area contributed by atoms with Crippen LogP contribution in [0.5, 0.6) is 5.75 Å². The molecule has 1 N–H and O–H groups in total. The van der Waals surface area contributed by atoms with Crippen molar-refractivity contribution >= 4 is 15.5 Å². The second kappa shape index (κ2) is 5.35. The van der Waals surface area contributed by atoms with Gasteiger partial charge in [0.1, 0.15) is 5.75 Å². The Labute approximate surface area is 129 Å². The molecule has 6 heteroatoms. The molecule has 0 amide bonds. The van der Waals surface area contributed by atoms with Crippen molar-refractivity contribution in [3.05, 3.63) is 54.1 Å². The minimum Gasteiger partial charge on any atom is -0.480 e. The fourth-order valence-electron chi connectivity index (χ4n) is 2.41. The highest BCUT2D eigenvalue weighted by atomic mass is 32.2. The first-order valence-electron chi connectivity index (χ1n) is 6.71. The number of benzene rings is 2. The lowest BCUT2D eigenvalue weighted by Crippen LogP contribution is -2.34. The fraction of sp³-hybridized carbons (Fsp3) is 0.188. The maximum atomic E-state index is 11.6. The molecule has 3 rings (SSSR count). The minimum absolute atomic E-state index is 0.192. The van der Waals surface area contributed by atoms with Crippen LogP contribution in [0.15, 0.2) is 53.4 Å². The maximum Gasteiger partial charge on any atom is 0.175 e. The summed E-state index contributed by atoms with van der Waals surface area (Å²) in [6.45, 7) is 0. The molecule has 22 heavy (non-hydrogen) atoms. The van der Waals surface area contributed by atoms with Gasteiger partial charge >= 0.3 is 0 Å². The van der Waals surface area contributed by atoms with Crippen LogP contribution in [-0.2, 0) is 9.84 Å². The van der Waals surface area contributed by atoms with Gasteiger partial charge in [0.15, 0.2) is 22.0 Å².